The lowest BCUT2D eigenvalue weighted by Crippen LogP contribution is -2.28. The van der Waals surface area contributed by atoms with Crippen molar-refractivity contribution in [3.63, 3.8) is 0 Å². The Bertz CT molecular complexity index is 685. The molecule has 0 unspecified atom stereocenters. The SMILES string of the molecule is CC(C)c1sc(NC(=O)NCc2cccc(F)c2)nc1C=O. The van der Waals surface area contributed by atoms with Crippen molar-refractivity contribution in [2.24, 2.45) is 0 Å². The quantitative estimate of drug-likeness (QED) is 0.827. The molecule has 0 fully saturated rings. The van der Waals surface area contributed by atoms with Crippen molar-refractivity contribution in [3.8, 4) is 0 Å². The number of carbonyl (C=O) groups is 2. The van der Waals surface area contributed by atoms with Crippen LogP contribution >= 0.6 is 11.3 Å². The lowest BCUT2D eigenvalue weighted by Gasteiger charge is -2.05. The number of aldehydes is 1. The van der Waals surface area contributed by atoms with Gasteiger partial charge in [0.1, 0.15) is 11.5 Å². The van der Waals surface area contributed by atoms with Gasteiger partial charge in [0.25, 0.3) is 0 Å². The van der Waals surface area contributed by atoms with E-state index < -0.39 is 6.03 Å². The van der Waals surface area contributed by atoms with Gasteiger partial charge < -0.3 is 5.32 Å². The molecule has 0 atom stereocenters. The Balaban J connectivity index is 1.96. The van der Waals surface area contributed by atoms with Crippen molar-refractivity contribution in [1.82, 2.24) is 10.3 Å². The Morgan fingerprint density at radius 2 is 2.23 bits per heavy atom. The summed E-state index contributed by atoms with van der Waals surface area (Å²) in [5.74, 6) is -0.194. The van der Waals surface area contributed by atoms with E-state index in [4.69, 9.17) is 0 Å². The van der Waals surface area contributed by atoms with E-state index in [0.29, 0.717) is 22.7 Å². The van der Waals surface area contributed by atoms with Gasteiger partial charge in [-0.15, -0.1) is 11.3 Å². The highest BCUT2D eigenvalue weighted by Crippen LogP contribution is 2.28. The molecular formula is C15H16FN3O2S. The van der Waals surface area contributed by atoms with Gasteiger partial charge in [0.05, 0.1) is 0 Å². The fraction of sp³-hybridized carbons (Fsp3) is 0.267. The number of aromatic nitrogens is 1. The second-order valence-corrected chi connectivity index (χ2v) is 6.01. The lowest BCUT2D eigenvalue weighted by molar-refractivity contribution is 0.111. The van der Waals surface area contributed by atoms with Gasteiger partial charge in [-0.3, -0.25) is 10.1 Å². The molecule has 7 heteroatoms. The number of anilines is 1. The Morgan fingerprint density at radius 3 is 2.82 bits per heavy atom. The summed E-state index contributed by atoms with van der Waals surface area (Å²) < 4.78 is 13.0. The number of nitrogens with zero attached hydrogens (tertiary/aromatic N) is 1. The van der Waals surface area contributed by atoms with E-state index in [1.54, 1.807) is 12.1 Å². The molecule has 0 aliphatic heterocycles. The van der Waals surface area contributed by atoms with Gasteiger partial charge in [-0.05, 0) is 23.6 Å². The molecule has 0 aliphatic rings. The molecule has 2 N–H and O–H groups in total. The number of rotatable bonds is 5. The van der Waals surface area contributed by atoms with Gasteiger partial charge in [0.15, 0.2) is 11.4 Å². The fourth-order valence-electron chi connectivity index (χ4n) is 1.87. The zero-order valence-corrected chi connectivity index (χ0v) is 13.0. The van der Waals surface area contributed by atoms with Crippen LogP contribution in [0.3, 0.4) is 0 Å². The van der Waals surface area contributed by atoms with Crippen LogP contribution in [0, 0.1) is 5.82 Å². The highest BCUT2D eigenvalue weighted by molar-refractivity contribution is 7.16. The van der Waals surface area contributed by atoms with Crippen LogP contribution in [0.1, 0.15) is 40.7 Å². The van der Waals surface area contributed by atoms with E-state index in [2.05, 4.69) is 15.6 Å². The van der Waals surface area contributed by atoms with Gasteiger partial charge in [0, 0.05) is 11.4 Å². The summed E-state index contributed by atoms with van der Waals surface area (Å²) in [6.45, 7) is 4.11. The Kier molecular flexibility index (Phi) is 5.21. The van der Waals surface area contributed by atoms with Crippen LogP contribution in [0.25, 0.3) is 0 Å². The number of amides is 2. The monoisotopic (exact) mass is 321 g/mol. The summed E-state index contributed by atoms with van der Waals surface area (Å²) >= 11 is 1.27. The number of carbonyl (C=O) groups excluding carboxylic acids is 2. The molecule has 1 heterocycles. The van der Waals surface area contributed by atoms with Gasteiger partial charge in [-0.1, -0.05) is 26.0 Å². The standard InChI is InChI=1S/C15H16FN3O2S/c1-9(2)13-12(8-20)18-15(22-13)19-14(21)17-7-10-4-3-5-11(16)6-10/h3-6,8-9H,7H2,1-2H3,(H2,17,18,19,21). The van der Waals surface area contributed by atoms with Gasteiger partial charge in [-0.25, -0.2) is 14.2 Å². The first-order valence-corrected chi connectivity index (χ1v) is 7.56. The smallest absolute Gasteiger partial charge is 0.321 e. The van der Waals surface area contributed by atoms with Crippen molar-refractivity contribution in [3.05, 3.63) is 46.2 Å². The summed E-state index contributed by atoms with van der Waals surface area (Å²) in [4.78, 5) is 27.7. The van der Waals surface area contributed by atoms with Crippen LogP contribution < -0.4 is 10.6 Å². The van der Waals surface area contributed by atoms with E-state index in [-0.39, 0.29) is 18.3 Å². The van der Waals surface area contributed by atoms with Crippen molar-refractivity contribution in [1.29, 1.82) is 0 Å². The van der Waals surface area contributed by atoms with E-state index >= 15 is 0 Å². The van der Waals surface area contributed by atoms with Gasteiger partial charge >= 0.3 is 6.03 Å². The molecule has 2 aromatic rings. The molecule has 0 saturated heterocycles. The molecule has 22 heavy (non-hydrogen) atoms. The van der Waals surface area contributed by atoms with Crippen molar-refractivity contribution >= 4 is 28.8 Å². The van der Waals surface area contributed by atoms with E-state index in [0.717, 1.165) is 4.88 Å². The zero-order valence-electron chi connectivity index (χ0n) is 12.2. The van der Waals surface area contributed by atoms with E-state index in [9.17, 15) is 14.0 Å². The van der Waals surface area contributed by atoms with Crippen LogP contribution in [0.5, 0.6) is 0 Å². The minimum atomic E-state index is -0.453. The second kappa shape index (κ2) is 7.13. The molecule has 0 radical (unpaired) electrons. The van der Waals surface area contributed by atoms with Crippen molar-refractivity contribution in [2.75, 3.05) is 5.32 Å². The predicted molar refractivity (Wildman–Crippen MR) is 83.8 cm³/mol. The summed E-state index contributed by atoms with van der Waals surface area (Å²) in [7, 11) is 0. The molecule has 2 amide bonds. The van der Waals surface area contributed by atoms with Crippen molar-refractivity contribution < 1.29 is 14.0 Å². The van der Waals surface area contributed by atoms with Gasteiger partial charge in [-0.2, -0.15) is 0 Å². The molecule has 1 aromatic heterocycles. The average molecular weight is 321 g/mol. The first-order chi connectivity index (χ1) is 10.5. The predicted octanol–water partition coefficient (Wildman–Crippen LogP) is 3.54. The van der Waals surface area contributed by atoms with Crippen LogP contribution in [-0.4, -0.2) is 17.3 Å². The van der Waals surface area contributed by atoms with E-state index in [1.807, 2.05) is 13.8 Å². The fourth-order valence-corrected chi connectivity index (χ4v) is 2.80. The molecule has 0 saturated carbocycles. The topological polar surface area (TPSA) is 71.1 Å². The molecule has 0 aliphatic carbocycles. The zero-order chi connectivity index (χ0) is 16.1. The Labute approximate surface area is 131 Å². The van der Waals surface area contributed by atoms with E-state index in [1.165, 1.54) is 23.5 Å². The molecular weight excluding hydrogens is 305 g/mol. The van der Waals surface area contributed by atoms with Crippen molar-refractivity contribution in [2.45, 2.75) is 26.3 Å². The minimum Gasteiger partial charge on any atom is -0.334 e. The Hall–Kier alpha value is -2.28. The third-order valence-electron chi connectivity index (χ3n) is 2.88. The summed E-state index contributed by atoms with van der Waals surface area (Å²) in [6.07, 6.45) is 0.682. The molecule has 2 rings (SSSR count). The Morgan fingerprint density at radius 1 is 1.45 bits per heavy atom. The first-order valence-electron chi connectivity index (χ1n) is 6.74. The summed E-state index contributed by atoms with van der Waals surface area (Å²) in [5.41, 5.74) is 1.01. The maximum Gasteiger partial charge on any atom is 0.321 e. The number of hydrogen-bond donors (Lipinski definition) is 2. The maximum atomic E-state index is 13.0. The molecule has 116 valence electrons. The minimum absolute atomic E-state index is 0.156. The molecule has 0 spiro atoms. The number of hydrogen-bond acceptors (Lipinski definition) is 4. The van der Waals surface area contributed by atoms with Crippen LogP contribution in [0.15, 0.2) is 24.3 Å². The second-order valence-electron chi connectivity index (χ2n) is 4.98. The third kappa shape index (κ3) is 4.11. The highest BCUT2D eigenvalue weighted by Gasteiger charge is 2.15. The summed E-state index contributed by atoms with van der Waals surface area (Å²) in [5, 5.41) is 5.56. The molecule has 1 aromatic carbocycles. The van der Waals surface area contributed by atoms with Crippen LogP contribution in [0.2, 0.25) is 0 Å². The molecule has 5 nitrogen and oxygen atoms in total. The third-order valence-corrected chi connectivity index (χ3v) is 4.17. The highest BCUT2D eigenvalue weighted by atomic mass is 32.1. The number of halogens is 1. The lowest BCUT2D eigenvalue weighted by atomic mass is 10.1. The number of benzene rings is 1. The van der Waals surface area contributed by atoms with Crippen LogP contribution in [0.4, 0.5) is 14.3 Å². The maximum absolute atomic E-state index is 13.0. The number of thiazole rings is 1. The number of urea groups is 1. The van der Waals surface area contributed by atoms with Gasteiger partial charge in [0.2, 0.25) is 0 Å². The normalized spacial score (nSPS) is 10.5. The summed E-state index contributed by atoms with van der Waals surface area (Å²) in [6, 6.07) is 5.54. The first kappa shape index (κ1) is 16.1. The number of nitrogens with one attached hydrogen (secondary N) is 2. The largest absolute Gasteiger partial charge is 0.334 e. The molecule has 0 bridgehead atoms. The van der Waals surface area contributed by atoms with Crippen LogP contribution in [-0.2, 0) is 6.54 Å². The average Bonchev–Trinajstić information content (AvgIpc) is 2.88.